The Kier molecular flexibility index (Phi) is 5.56. The van der Waals surface area contributed by atoms with Crippen molar-refractivity contribution in [2.45, 2.75) is 33.2 Å². The Bertz CT molecular complexity index is 1050. The van der Waals surface area contributed by atoms with E-state index in [-0.39, 0.29) is 18.2 Å². The molecule has 0 saturated heterocycles. The number of hydrogen-bond donors (Lipinski definition) is 1. The summed E-state index contributed by atoms with van der Waals surface area (Å²) >= 11 is 0. The number of fused-ring (bicyclic) bond motifs is 1. The smallest absolute Gasteiger partial charge is 0.228 e. The van der Waals surface area contributed by atoms with Crippen molar-refractivity contribution >= 4 is 23.5 Å². The van der Waals surface area contributed by atoms with Crippen molar-refractivity contribution in [1.82, 2.24) is 20.0 Å². The number of aryl methyl sites for hydroxylation is 2. The maximum atomic E-state index is 12.8. The summed E-state index contributed by atoms with van der Waals surface area (Å²) in [5, 5.41) is 15.4. The maximum Gasteiger partial charge on any atom is 0.228 e. The minimum Gasteiger partial charge on any atom is -0.309 e. The molecule has 2 amide bonds. The van der Waals surface area contributed by atoms with Gasteiger partial charge in [0.15, 0.2) is 5.82 Å². The molecule has 0 radical (unpaired) electrons. The van der Waals surface area contributed by atoms with Crippen LogP contribution in [0.1, 0.15) is 25.5 Å². The Morgan fingerprint density at radius 2 is 1.90 bits per heavy atom. The largest absolute Gasteiger partial charge is 0.309 e. The zero-order valence-electron chi connectivity index (χ0n) is 17.1. The van der Waals surface area contributed by atoms with Crippen LogP contribution in [-0.4, -0.2) is 38.3 Å². The van der Waals surface area contributed by atoms with Gasteiger partial charge in [0.05, 0.1) is 11.4 Å². The van der Waals surface area contributed by atoms with Crippen LogP contribution in [0.15, 0.2) is 48.5 Å². The Labute approximate surface area is 174 Å². The number of anilines is 2. The summed E-state index contributed by atoms with van der Waals surface area (Å²) in [5.74, 6) is 0.340. The quantitative estimate of drug-likeness (QED) is 0.705. The van der Waals surface area contributed by atoms with Gasteiger partial charge in [0.2, 0.25) is 11.8 Å². The molecule has 8 heteroatoms. The van der Waals surface area contributed by atoms with Gasteiger partial charge in [-0.05, 0) is 25.5 Å². The lowest BCUT2D eigenvalue weighted by Crippen LogP contribution is -2.39. The third kappa shape index (κ3) is 4.22. The van der Waals surface area contributed by atoms with E-state index in [1.807, 2.05) is 54.1 Å². The van der Waals surface area contributed by atoms with Gasteiger partial charge in [-0.2, -0.15) is 5.10 Å². The van der Waals surface area contributed by atoms with Gasteiger partial charge < -0.3 is 5.32 Å². The summed E-state index contributed by atoms with van der Waals surface area (Å²) in [5.41, 5.74) is 2.57. The van der Waals surface area contributed by atoms with Crippen LogP contribution in [0, 0.1) is 12.8 Å². The monoisotopic (exact) mass is 404 g/mol. The number of carbonyl (C=O) groups excluding carboxylic acids is 2. The highest BCUT2D eigenvalue weighted by Gasteiger charge is 2.27. The molecule has 1 aromatic carbocycles. The van der Waals surface area contributed by atoms with Gasteiger partial charge in [0, 0.05) is 37.1 Å². The lowest BCUT2D eigenvalue weighted by molar-refractivity contribution is -0.125. The lowest BCUT2D eigenvalue weighted by Gasteiger charge is -2.28. The maximum absolute atomic E-state index is 12.8. The predicted molar refractivity (Wildman–Crippen MR) is 114 cm³/mol. The first kappa shape index (κ1) is 19.8. The van der Waals surface area contributed by atoms with Crippen molar-refractivity contribution in [2.75, 3.05) is 16.8 Å². The van der Waals surface area contributed by atoms with E-state index in [0.717, 1.165) is 35.7 Å². The molecule has 1 aliphatic heterocycles. The van der Waals surface area contributed by atoms with Gasteiger partial charge in [-0.25, -0.2) is 4.68 Å². The highest BCUT2D eigenvalue weighted by molar-refractivity contribution is 5.98. The number of aromatic nitrogens is 4. The van der Waals surface area contributed by atoms with E-state index in [4.69, 9.17) is 0 Å². The number of amides is 2. The highest BCUT2D eigenvalue weighted by Crippen LogP contribution is 2.23. The van der Waals surface area contributed by atoms with Crippen LogP contribution in [0.2, 0.25) is 0 Å². The minimum atomic E-state index is -0.493. The molecule has 0 spiro atoms. The number of rotatable bonds is 5. The van der Waals surface area contributed by atoms with Crippen molar-refractivity contribution < 1.29 is 9.59 Å². The number of nitrogens with one attached hydrogen (secondary N) is 1. The third-order valence-corrected chi connectivity index (χ3v) is 5.12. The highest BCUT2D eigenvalue weighted by atomic mass is 16.2. The molecule has 3 heterocycles. The van der Waals surface area contributed by atoms with E-state index in [1.165, 1.54) is 0 Å². The SMILES string of the molecule is Cc1cc2n(n1)CCCN2C(=O)CC(C)C(=O)Nc1ccc(-c2ccccc2)nn1. The first-order chi connectivity index (χ1) is 14.5. The summed E-state index contributed by atoms with van der Waals surface area (Å²) in [6, 6.07) is 15.1. The Hall–Kier alpha value is -3.55. The summed E-state index contributed by atoms with van der Waals surface area (Å²) in [4.78, 5) is 27.1. The van der Waals surface area contributed by atoms with Crippen LogP contribution in [0.4, 0.5) is 11.6 Å². The zero-order valence-corrected chi connectivity index (χ0v) is 17.1. The molecule has 8 nitrogen and oxygen atoms in total. The lowest BCUT2D eigenvalue weighted by atomic mass is 10.1. The van der Waals surface area contributed by atoms with Gasteiger partial charge >= 0.3 is 0 Å². The third-order valence-electron chi connectivity index (χ3n) is 5.12. The molecular weight excluding hydrogens is 380 g/mol. The summed E-state index contributed by atoms with van der Waals surface area (Å²) in [7, 11) is 0. The van der Waals surface area contributed by atoms with E-state index >= 15 is 0 Å². The molecule has 1 aliphatic rings. The minimum absolute atomic E-state index is 0.0796. The first-order valence-corrected chi connectivity index (χ1v) is 10.1. The molecule has 0 saturated carbocycles. The summed E-state index contributed by atoms with van der Waals surface area (Å²) in [6.07, 6.45) is 0.968. The number of carbonyl (C=O) groups is 2. The van der Waals surface area contributed by atoms with E-state index in [2.05, 4.69) is 20.6 Å². The van der Waals surface area contributed by atoms with Gasteiger partial charge in [-0.3, -0.25) is 14.5 Å². The zero-order chi connectivity index (χ0) is 21.1. The van der Waals surface area contributed by atoms with Crippen molar-refractivity contribution in [1.29, 1.82) is 0 Å². The normalized spacial score (nSPS) is 14.1. The second kappa shape index (κ2) is 8.44. The van der Waals surface area contributed by atoms with Crippen LogP contribution in [-0.2, 0) is 16.1 Å². The van der Waals surface area contributed by atoms with E-state index in [0.29, 0.717) is 12.4 Å². The Balaban J connectivity index is 1.37. The topological polar surface area (TPSA) is 93.0 Å². The average molecular weight is 404 g/mol. The number of hydrogen-bond acceptors (Lipinski definition) is 5. The fraction of sp³-hybridized carbons (Fsp3) is 0.318. The molecule has 0 fully saturated rings. The Morgan fingerprint density at radius 3 is 2.63 bits per heavy atom. The molecule has 0 aliphatic carbocycles. The predicted octanol–water partition coefficient (Wildman–Crippen LogP) is 3.05. The Morgan fingerprint density at radius 1 is 1.10 bits per heavy atom. The van der Waals surface area contributed by atoms with Gasteiger partial charge in [0.1, 0.15) is 5.82 Å². The van der Waals surface area contributed by atoms with Crippen LogP contribution < -0.4 is 10.2 Å². The van der Waals surface area contributed by atoms with Crippen LogP contribution in [0.5, 0.6) is 0 Å². The second-order valence-corrected chi connectivity index (χ2v) is 7.53. The van der Waals surface area contributed by atoms with Crippen molar-refractivity contribution in [3.63, 3.8) is 0 Å². The van der Waals surface area contributed by atoms with Crippen molar-refractivity contribution in [3.8, 4) is 11.3 Å². The first-order valence-electron chi connectivity index (χ1n) is 10.1. The number of benzene rings is 1. The van der Waals surface area contributed by atoms with Crippen LogP contribution in [0.3, 0.4) is 0 Å². The molecule has 1 atom stereocenters. The molecule has 30 heavy (non-hydrogen) atoms. The van der Waals surface area contributed by atoms with Crippen molar-refractivity contribution in [2.24, 2.45) is 5.92 Å². The summed E-state index contributed by atoms with van der Waals surface area (Å²) in [6.45, 7) is 5.10. The van der Waals surface area contributed by atoms with Gasteiger partial charge in [-0.1, -0.05) is 37.3 Å². The summed E-state index contributed by atoms with van der Waals surface area (Å²) < 4.78 is 1.85. The molecule has 2 aromatic heterocycles. The van der Waals surface area contributed by atoms with Crippen LogP contribution >= 0.6 is 0 Å². The molecule has 154 valence electrons. The fourth-order valence-corrected chi connectivity index (χ4v) is 3.54. The molecule has 4 rings (SSSR count). The van der Waals surface area contributed by atoms with E-state index in [9.17, 15) is 9.59 Å². The molecular formula is C22H24N6O2. The van der Waals surface area contributed by atoms with Crippen molar-refractivity contribution in [3.05, 3.63) is 54.2 Å². The van der Waals surface area contributed by atoms with Gasteiger partial charge in [0.25, 0.3) is 0 Å². The van der Waals surface area contributed by atoms with Crippen LogP contribution in [0.25, 0.3) is 11.3 Å². The average Bonchev–Trinajstić information content (AvgIpc) is 3.15. The molecule has 3 aromatic rings. The molecule has 1 N–H and O–H groups in total. The van der Waals surface area contributed by atoms with E-state index < -0.39 is 5.92 Å². The van der Waals surface area contributed by atoms with E-state index in [1.54, 1.807) is 17.9 Å². The molecule has 1 unspecified atom stereocenters. The second-order valence-electron chi connectivity index (χ2n) is 7.53. The number of nitrogens with zero attached hydrogens (tertiary/aromatic N) is 5. The fourth-order valence-electron chi connectivity index (χ4n) is 3.54. The molecule has 0 bridgehead atoms. The van der Waals surface area contributed by atoms with Gasteiger partial charge in [-0.15, -0.1) is 10.2 Å². The standard InChI is InChI=1S/C22H24N6O2/c1-15(13-21(29)27-11-6-12-28-20(27)14-16(2)26-28)22(30)23-19-10-9-18(24-25-19)17-7-4-3-5-8-17/h3-5,7-10,14-15H,6,11-13H2,1-2H3,(H,23,25,30).